The number of aryl methyl sites for hydroxylation is 1. The summed E-state index contributed by atoms with van der Waals surface area (Å²) in [5.74, 6) is 8.17. The molecule has 108 valence electrons. The molecule has 1 heterocycles. The van der Waals surface area contributed by atoms with E-state index in [1.807, 2.05) is 6.92 Å². The van der Waals surface area contributed by atoms with Gasteiger partial charge in [-0.25, -0.2) is 15.8 Å². The topological polar surface area (TPSA) is 67.1 Å². The number of hydrogen-bond donors (Lipinski definition) is 2. The molecule has 1 unspecified atom stereocenters. The van der Waals surface area contributed by atoms with Crippen molar-refractivity contribution in [1.82, 2.24) is 9.97 Å². The standard InChI is InChI=1S/C14H27N5/c1-6-9-12-16-13(18-15)11(5)14(17-12)19(8-3)10(4)7-2/h10H,6-9,15H2,1-5H3,(H,16,17,18). The zero-order valence-corrected chi connectivity index (χ0v) is 12.8. The lowest BCUT2D eigenvalue weighted by molar-refractivity contribution is 0.618. The lowest BCUT2D eigenvalue weighted by Gasteiger charge is -2.30. The van der Waals surface area contributed by atoms with Crippen LogP contribution in [0.3, 0.4) is 0 Å². The van der Waals surface area contributed by atoms with E-state index in [0.29, 0.717) is 6.04 Å². The van der Waals surface area contributed by atoms with Gasteiger partial charge in [-0.3, -0.25) is 0 Å². The average Bonchev–Trinajstić information content (AvgIpc) is 2.42. The summed E-state index contributed by atoms with van der Waals surface area (Å²) in [6, 6.07) is 0.457. The molecule has 0 saturated carbocycles. The van der Waals surface area contributed by atoms with Crippen molar-refractivity contribution in [3.8, 4) is 0 Å². The number of anilines is 2. The van der Waals surface area contributed by atoms with E-state index in [-0.39, 0.29) is 0 Å². The van der Waals surface area contributed by atoms with Gasteiger partial charge >= 0.3 is 0 Å². The maximum atomic E-state index is 5.58. The molecule has 1 aromatic heterocycles. The van der Waals surface area contributed by atoms with Gasteiger partial charge in [-0.05, 0) is 33.6 Å². The molecule has 0 fully saturated rings. The number of rotatable bonds is 7. The first-order chi connectivity index (χ1) is 9.08. The Kier molecular flexibility index (Phi) is 6.02. The zero-order valence-electron chi connectivity index (χ0n) is 12.8. The van der Waals surface area contributed by atoms with Crippen molar-refractivity contribution in [2.45, 2.75) is 59.9 Å². The Morgan fingerprint density at radius 1 is 1.26 bits per heavy atom. The van der Waals surface area contributed by atoms with Crippen LogP contribution in [0.15, 0.2) is 0 Å². The van der Waals surface area contributed by atoms with Crippen LogP contribution in [0.4, 0.5) is 11.6 Å². The molecule has 0 bridgehead atoms. The van der Waals surface area contributed by atoms with Crippen LogP contribution < -0.4 is 16.2 Å². The average molecular weight is 265 g/mol. The van der Waals surface area contributed by atoms with Crippen molar-refractivity contribution in [2.24, 2.45) is 5.84 Å². The Balaban J connectivity index is 3.26. The number of nitrogens with two attached hydrogens (primary N) is 1. The number of aromatic nitrogens is 2. The van der Waals surface area contributed by atoms with E-state index < -0.39 is 0 Å². The maximum absolute atomic E-state index is 5.58. The van der Waals surface area contributed by atoms with Crippen LogP contribution in [-0.2, 0) is 6.42 Å². The van der Waals surface area contributed by atoms with Crippen LogP contribution >= 0.6 is 0 Å². The molecular formula is C14H27N5. The monoisotopic (exact) mass is 265 g/mol. The highest BCUT2D eigenvalue weighted by atomic mass is 15.3. The van der Waals surface area contributed by atoms with Gasteiger partial charge in [0.05, 0.1) is 0 Å². The molecule has 1 atom stereocenters. The lowest BCUT2D eigenvalue weighted by atomic mass is 10.2. The predicted octanol–water partition coefficient (Wildman–Crippen LogP) is 2.65. The summed E-state index contributed by atoms with van der Waals surface area (Å²) >= 11 is 0. The number of nitrogens with zero attached hydrogens (tertiary/aromatic N) is 3. The van der Waals surface area contributed by atoms with E-state index >= 15 is 0 Å². The Morgan fingerprint density at radius 3 is 2.42 bits per heavy atom. The van der Waals surface area contributed by atoms with Crippen LogP contribution in [0.2, 0.25) is 0 Å². The highest BCUT2D eigenvalue weighted by Crippen LogP contribution is 2.25. The van der Waals surface area contributed by atoms with E-state index in [2.05, 4.69) is 43.0 Å². The minimum absolute atomic E-state index is 0.457. The molecule has 1 rings (SSSR count). The lowest BCUT2D eigenvalue weighted by Crippen LogP contribution is -2.34. The highest BCUT2D eigenvalue weighted by molar-refractivity contribution is 5.58. The Hall–Kier alpha value is -1.36. The Labute approximate surface area is 116 Å². The fourth-order valence-electron chi connectivity index (χ4n) is 2.20. The van der Waals surface area contributed by atoms with E-state index in [4.69, 9.17) is 10.8 Å². The third-order valence-electron chi connectivity index (χ3n) is 3.51. The fraction of sp³-hybridized carbons (Fsp3) is 0.714. The Bertz CT molecular complexity index is 405. The van der Waals surface area contributed by atoms with Crippen LogP contribution in [0.25, 0.3) is 0 Å². The van der Waals surface area contributed by atoms with Gasteiger partial charge in [-0.1, -0.05) is 13.8 Å². The minimum Gasteiger partial charge on any atom is -0.354 e. The number of nitrogens with one attached hydrogen (secondary N) is 1. The van der Waals surface area contributed by atoms with Gasteiger partial charge in [-0.15, -0.1) is 0 Å². The molecular weight excluding hydrogens is 238 g/mol. The molecule has 0 amide bonds. The first-order valence-corrected chi connectivity index (χ1v) is 7.19. The summed E-state index contributed by atoms with van der Waals surface area (Å²) in [6.45, 7) is 11.7. The first kappa shape index (κ1) is 15.7. The summed E-state index contributed by atoms with van der Waals surface area (Å²) in [7, 11) is 0. The van der Waals surface area contributed by atoms with Crippen molar-refractivity contribution in [3.63, 3.8) is 0 Å². The van der Waals surface area contributed by atoms with Gasteiger partial charge in [0.1, 0.15) is 17.5 Å². The smallest absolute Gasteiger partial charge is 0.148 e. The second-order valence-corrected chi connectivity index (χ2v) is 4.87. The first-order valence-electron chi connectivity index (χ1n) is 7.19. The molecule has 0 aliphatic heterocycles. The van der Waals surface area contributed by atoms with Crippen molar-refractivity contribution in [2.75, 3.05) is 16.9 Å². The van der Waals surface area contributed by atoms with E-state index in [1.54, 1.807) is 0 Å². The number of nitrogen functional groups attached to an aromatic ring is 1. The molecule has 1 aromatic rings. The predicted molar refractivity (Wildman–Crippen MR) is 81.3 cm³/mol. The molecule has 5 heteroatoms. The summed E-state index contributed by atoms with van der Waals surface area (Å²) in [6.07, 6.45) is 2.99. The van der Waals surface area contributed by atoms with Crippen molar-refractivity contribution in [1.29, 1.82) is 0 Å². The number of hydrogen-bond acceptors (Lipinski definition) is 5. The van der Waals surface area contributed by atoms with Gasteiger partial charge in [0, 0.05) is 24.6 Å². The van der Waals surface area contributed by atoms with Crippen molar-refractivity contribution < 1.29 is 0 Å². The van der Waals surface area contributed by atoms with Crippen LogP contribution in [0, 0.1) is 6.92 Å². The Morgan fingerprint density at radius 2 is 1.95 bits per heavy atom. The molecule has 0 aliphatic rings. The van der Waals surface area contributed by atoms with Crippen LogP contribution in [0.5, 0.6) is 0 Å². The third-order valence-corrected chi connectivity index (χ3v) is 3.51. The molecule has 0 radical (unpaired) electrons. The van der Waals surface area contributed by atoms with E-state index in [9.17, 15) is 0 Å². The summed E-state index contributed by atoms with van der Waals surface area (Å²) in [4.78, 5) is 11.5. The zero-order chi connectivity index (χ0) is 14.4. The van der Waals surface area contributed by atoms with Crippen molar-refractivity contribution in [3.05, 3.63) is 11.4 Å². The molecule has 0 aromatic carbocycles. The van der Waals surface area contributed by atoms with E-state index in [1.165, 1.54) is 0 Å². The van der Waals surface area contributed by atoms with Crippen LogP contribution in [0.1, 0.15) is 51.9 Å². The molecule has 5 nitrogen and oxygen atoms in total. The SMILES string of the molecule is CCCc1nc(NN)c(C)c(N(CC)C(C)CC)n1. The highest BCUT2D eigenvalue weighted by Gasteiger charge is 2.18. The molecule has 3 N–H and O–H groups in total. The quantitative estimate of drug-likeness (QED) is 0.586. The third kappa shape index (κ3) is 3.56. The summed E-state index contributed by atoms with van der Waals surface area (Å²) < 4.78 is 0. The molecule has 19 heavy (non-hydrogen) atoms. The van der Waals surface area contributed by atoms with Gasteiger partial charge in [0.25, 0.3) is 0 Å². The fourth-order valence-corrected chi connectivity index (χ4v) is 2.20. The normalized spacial score (nSPS) is 12.3. The van der Waals surface area contributed by atoms with Gasteiger partial charge in [0.15, 0.2) is 0 Å². The largest absolute Gasteiger partial charge is 0.354 e. The molecule has 0 saturated heterocycles. The number of hydrazine groups is 1. The van der Waals surface area contributed by atoms with Gasteiger partial charge < -0.3 is 10.3 Å². The molecule has 0 aliphatic carbocycles. The van der Waals surface area contributed by atoms with E-state index in [0.717, 1.165) is 48.8 Å². The summed E-state index contributed by atoms with van der Waals surface area (Å²) in [5, 5.41) is 0. The van der Waals surface area contributed by atoms with Gasteiger partial charge in [0.2, 0.25) is 0 Å². The van der Waals surface area contributed by atoms with Gasteiger partial charge in [-0.2, -0.15) is 0 Å². The molecule has 0 spiro atoms. The van der Waals surface area contributed by atoms with Crippen molar-refractivity contribution >= 4 is 11.6 Å². The second-order valence-electron chi connectivity index (χ2n) is 4.87. The summed E-state index contributed by atoms with van der Waals surface area (Å²) in [5.41, 5.74) is 3.71. The maximum Gasteiger partial charge on any atom is 0.148 e. The minimum atomic E-state index is 0.457. The van der Waals surface area contributed by atoms with Crippen LogP contribution in [-0.4, -0.2) is 22.6 Å². The second kappa shape index (κ2) is 7.28.